The highest BCUT2D eigenvalue weighted by atomic mass is 35.5. The predicted octanol–water partition coefficient (Wildman–Crippen LogP) is 2.48. The molecule has 3 rings (SSSR count). The monoisotopic (exact) mass is 290 g/mol. The second kappa shape index (κ2) is 5.17. The van der Waals surface area contributed by atoms with Crippen molar-refractivity contribution in [3.63, 3.8) is 0 Å². The summed E-state index contributed by atoms with van der Waals surface area (Å²) in [7, 11) is 0. The van der Waals surface area contributed by atoms with Crippen molar-refractivity contribution in [2.24, 2.45) is 0 Å². The Kier molecular flexibility index (Phi) is 3.36. The van der Waals surface area contributed by atoms with Gasteiger partial charge in [0.25, 0.3) is 5.91 Å². The highest BCUT2D eigenvalue weighted by molar-refractivity contribution is 6.30. The summed E-state index contributed by atoms with van der Waals surface area (Å²) in [5.74, 6) is 0.562. The molecule has 0 spiro atoms. The topological polar surface area (TPSA) is 59.0 Å². The molecule has 1 atom stereocenters. The number of carbonyl (C=O) groups is 1. The first-order valence-electron chi connectivity index (χ1n) is 6.54. The van der Waals surface area contributed by atoms with Gasteiger partial charge >= 0.3 is 0 Å². The van der Waals surface area contributed by atoms with Crippen molar-refractivity contribution in [2.45, 2.75) is 26.1 Å². The van der Waals surface area contributed by atoms with E-state index >= 15 is 0 Å². The molecular weight excluding hydrogens is 276 g/mol. The number of halogens is 1. The average molecular weight is 291 g/mol. The molecule has 0 bridgehead atoms. The summed E-state index contributed by atoms with van der Waals surface area (Å²) < 4.78 is 1.84. The molecule has 0 aliphatic carbocycles. The van der Waals surface area contributed by atoms with Crippen molar-refractivity contribution >= 4 is 23.3 Å². The van der Waals surface area contributed by atoms with E-state index < -0.39 is 0 Å². The number of benzene rings is 1. The van der Waals surface area contributed by atoms with Crippen LogP contribution in [0.2, 0.25) is 5.02 Å². The number of rotatable bonds is 3. The number of nitrogens with one attached hydrogen (secondary N) is 2. The fraction of sp³-hybridized carbons (Fsp3) is 0.286. The van der Waals surface area contributed by atoms with Crippen LogP contribution in [0.15, 0.2) is 30.6 Å². The first-order chi connectivity index (χ1) is 9.67. The zero-order valence-corrected chi connectivity index (χ0v) is 11.8. The maximum absolute atomic E-state index is 12.1. The molecule has 1 aromatic carbocycles. The van der Waals surface area contributed by atoms with Crippen LogP contribution < -0.4 is 10.6 Å². The van der Waals surface area contributed by atoms with Gasteiger partial charge in [-0.25, -0.2) is 4.98 Å². The van der Waals surface area contributed by atoms with Crippen molar-refractivity contribution in [2.75, 3.05) is 5.32 Å². The first kappa shape index (κ1) is 13.0. The molecule has 2 heterocycles. The lowest BCUT2D eigenvalue weighted by Gasteiger charge is -2.24. The number of hydrogen-bond donors (Lipinski definition) is 2. The Morgan fingerprint density at radius 2 is 2.05 bits per heavy atom. The Labute approximate surface area is 122 Å². The normalized spacial score (nSPS) is 17.3. The third-order valence-corrected chi connectivity index (χ3v) is 3.60. The van der Waals surface area contributed by atoms with Gasteiger partial charge in [-0.1, -0.05) is 30.7 Å². The van der Waals surface area contributed by atoms with Gasteiger partial charge in [-0.2, -0.15) is 0 Å². The Morgan fingerprint density at radius 3 is 2.75 bits per heavy atom. The smallest absolute Gasteiger partial charge is 0.273 e. The Morgan fingerprint density at radius 1 is 1.30 bits per heavy atom. The van der Waals surface area contributed by atoms with Crippen LogP contribution in [0.5, 0.6) is 0 Å². The summed E-state index contributed by atoms with van der Waals surface area (Å²) in [5.41, 5.74) is 1.64. The van der Waals surface area contributed by atoms with E-state index in [0.717, 1.165) is 12.0 Å². The van der Waals surface area contributed by atoms with Crippen LogP contribution in [-0.2, 0) is 6.54 Å². The van der Waals surface area contributed by atoms with Gasteiger partial charge in [0, 0.05) is 11.6 Å². The maximum atomic E-state index is 12.1. The lowest BCUT2D eigenvalue weighted by Crippen LogP contribution is -2.45. The summed E-state index contributed by atoms with van der Waals surface area (Å²) >= 11 is 5.87. The fourth-order valence-corrected chi connectivity index (χ4v) is 2.39. The second-order valence-electron chi connectivity index (χ2n) is 4.77. The molecule has 2 N–H and O–H groups in total. The minimum absolute atomic E-state index is 0.0473. The van der Waals surface area contributed by atoms with Crippen molar-refractivity contribution in [3.8, 4) is 0 Å². The van der Waals surface area contributed by atoms with Gasteiger partial charge in [0.15, 0.2) is 11.5 Å². The number of imidazole rings is 1. The average Bonchev–Trinajstić information content (AvgIpc) is 2.85. The minimum atomic E-state index is -0.0861. The van der Waals surface area contributed by atoms with Crippen LogP contribution in [0.25, 0.3) is 0 Å². The summed E-state index contributed by atoms with van der Waals surface area (Å²) in [6.45, 7) is 2.60. The van der Waals surface area contributed by atoms with Crippen LogP contribution in [0.1, 0.15) is 29.4 Å². The molecule has 0 radical (unpaired) electrons. The lowest BCUT2D eigenvalue weighted by atomic mass is 10.2. The molecule has 2 aromatic rings. The summed E-state index contributed by atoms with van der Waals surface area (Å²) in [5, 5.41) is 6.82. The maximum Gasteiger partial charge on any atom is 0.273 e. The Bertz CT molecular complexity index is 635. The van der Waals surface area contributed by atoms with Gasteiger partial charge in [0.05, 0.1) is 6.33 Å². The SMILES string of the molecule is CCC1NC(=O)c2c(ncn2Cc2ccc(Cl)cc2)N1. The minimum Gasteiger partial charge on any atom is -0.348 e. The lowest BCUT2D eigenvalue weighted by molar-refractivity contribution is 0.0925. The number of anilines is 1. The summed E-state index contributed by atoms with van der Waals surface area (Å²) in [6, 6.07) is 7.56. The first-order valence-corrected chi connectivity index (χ1v) is 6.92. The quantitative estimate of drug-likeness (QED) is 0.913. The number of aromatic nitrogens is 2. The number of amides is 1. The molecule has 104 valence electrons. The Balaban J connectivity index is 1.87. The second-order valence-corrected chi connectivity index (χ2v) is 5.21. The van der Waals surface area contributed by atoms with Crippen LogP contribution in [0.4, 0.5) is 5.82 Å². The van der Waals surface area contributed by atoms with E-state index in [1.54, 1.807) is 6.33 Å². The van der Waals surface area contributed by atoms with E-state index in [0.29, 0.717) is 23.1 Å². The number of fused-ring (bicyclic) bond motifs is 1. The van der Waals surface area contributed by atoms with Gasteiger partial charge in [0.2, 0.25) is 0 Å². The largest absolute Gasteiger partial charge is 0.348 e. The molecule has 5 nitrogen and oxygen atoms in total. The van der Waals surface area contributed by atoms with Gasteiger partial charge < -0.3 is 15.2 Å². The van der Waals surface area contributed by atoms with E-state index in [1.165, 1.54) is 0 Å². The zero-order valence-electron chi connectivity index (χ0n) is 11.1. The number of hydrogen-bond acceptors (Lipinski definition) is 3. The molecule has 0 fully saturated rings. The van der Waals surface area contributed by atoms with E-state index in [-0.39, 0.29) is 12.1 Å². The van der Waals surface area contributed by atoms with Crippen molar-refractivity contribution in [3.05, 3.63) is 46.9 Å². The number of nitrogens with zero attached hydrogens (tertiary/aromatic N) is 2. The van der Waals surface area contributed by atoms with E-state index in [4.69, 9.17) is 11.6 Å². The number of carbonyl (C=O) groups excluding carboxylic acids is 1. The molecule has 1 aromatic heterocycles. The molecule has 1 unspecified atom stereocenters. The van der Waals surface area contributed by atoms with E-state index in [1.807, 2.05) is 35.8 Å². The highest BCUT2D eigenvalue weighted by Crippen LogP contribution is 2.21. The summed E-state index contributed by atoms with van der Waals surface area (Å²) in [4.78, 5) is 16.4. The van der Waals surface area contributed by atoms with E-state index in [9.17, 15) is 4.79 Å². The third-order valence-electron chi connectivity index (χ3n) is 3.34. The van der Waals surface area contributed by atoms with Gasteiger partial charge in [0.1, 0.15) is 6.17 Å². The standard InChI is InChI=1S/C14H15ClN4O/c1-2-11-17-13-12(14(20)18-11)19(8-16-13)7-9-3-5-10(15)6-4-9/h3-6,8,11,17H,2,7H2,1H3,(H,18,20). The molecule has 0 saturated heterocycles. The van der Waals surface area contributed by atoms with Crippen molar-refractivity contribution in [1.29, 1.82) is 0 Å². The molecule has 0 saturated carbocycles. The summed E-state index contributed by atoms with van der Waals surface area (Å²) in [6.07, 6.45) is 2.45. The van der Waals surface area contributed by atoms with Crippen molar-refractivity contribution < 1.29 is 4.79 Å². The molecule has 6 heteroatoms. The van der Waals surface area contributed by atoms with Gasteiger partial charge in [-0.05, 0) is 24.1 Å². The predicted molar refractivity (Wildman–Crippen MR) is 77.9 cm³/mol. The third kappa shape index (κ3) is 2.36. The zero-order chi connectivity index (χ0) is 14.1. The van der Waals surface area contributed by atoms with E-state index in [2.05, 4.69) is 15.6 Å². The molecule has 1 aliphatic rings. The molecular formula is C14H15ClN4O. The molecule has 20 heavy (non-hydrogen) atoms. The van der Waals surface area contributed by atoms with Crippen LogP contribution in [0, 0.1) is 0 Å². The highest BCUT2D eigenvalue weighted by Gasteiger charge is 2.27. The van der Waals surface area contributed by atoms with Crippen molar-refractivity contribution in [1.82, 2.24) is 14.9 Å². The Hall–Kier alpha value is -2.01. The molecule has 1 aliphatic heterocycles. The van der Waals surface area contributed by atoms with Crippen LogP contribution in [0.3, 0.4) is 0 Å². The van der Waals surface area contributed by atoms with Crippen LogP contribution in [-0.4, -0.2) is 21.6 Å². The molecule has 1 amide bonds. The van der Waals surface area contributed by atoms with Crippen LogP contribution >= 0.6 is 11.6 Å². The van der Waals surface area contributed by atoms with Gasteiger partial charge in [-0.3, -0.25) is 4.79 Å². The van der Waals surface area contributed by atoms with Gasteiger partial charge in [-0.15, -0.1) is 0 Å². The fourth-order valence-electron chi connectivity index (χ4n) is 2.26.